The van der Waals surface area contributed by atoms with Gasteiger partial charge in [0.25, 0.3) is 0 Å². The molecule has 0 aliphatic heterocycles. The van der Waals surface area contributed by atoms with Crippen LogP contribution in [0.3, 0.4) is 0 Å². The molecule has 0 fully saturated rings. The molecule has 2 aromatic heterocycles. The Morgan fingerprint density at radius 1 is 1.38 bits per heavy atom. The Morgan fingerprint density at radius 3 is 2.71 bits per heavy atom. The molecule has 0 saturated carbocycles. The SMILES string of the molecule is CCNC(c1ccc(Cl)o1)c1c(Cl)cnn1CCN(C)C. The van der Waals surface area contributed by atoms with Gasteiger partial charge in [0.2, 0.25) is 0 Å². The average molecular weight is 331 g/mol. The number of rotatable bonds is 7. The highest BCUT2D eigenvalue weighted by Gasteiger charge is 2.24. The summed E-state index contributed by atoms with van der Waals surface area (Å²) < 4.78 is 7.46. The van der Waals surface area contributed by atoms with Crippen LogP contribution < -0.4 is 5.32 Å². The summed E-state index contributed by atoms with van der Waals surface area (Å²) in [6.45, 7) is 4.44. The second-order valence-corrected chi connectivity index (χ2v) is 5.82. The molecule has 0 radical (unpaired) electrons. The summed E-state index contributed by atoms with van der Waals surface area (Å²) in [5, 5.41) is 8.72. The molecule has 0 spiro atoms. The maximum Gasteiger partial charge on any atom is 0.193 e. The van der Waals surface area contributed by atoms with E-state index in [9.17, 15) is 0 Å². The predicted octanol–water partition coefficient (Wildman–Crippen LogP) is 3.04. The standard InChI is InChI=1S/C14H20Cl2N4O/c1-4-17-13(11-5-6-12(16)21-11)14-10(15)9-18-20(14)8-7-19(2)3/h5-6,9,13,17H,4,7-8H2,1-3H3. The van der Waals surface area contributed by atoms with Gasteiger partial charge in [-0.2, -0.15) is 5.10 Å². The highest BCUT2D eigenvalue weighted by molar-refractivity contribution is 6.31. The molecule has 2 aromatic rings. The van der Waals surface area contributed by atoms with Crippen LogP contribution in [0.2, 0.25) is 10.2 Å². The first-order chi connectivity index (χ1) is 10.0. The molecule has 0 bridgehead atoms. The van der Waals surface area contributed by atoms with E-state index >= 15 is 0 Å². The van der Waals surface area contributed by atoms with Gasteiger partial charge in [-0.05, 0) is 44.4 Å². The number of furan rings is 1. The van der Waals surface area contributed by atoms with Crippen molar-refractivity contribution in [1.29, 1.82) is 0 Å². The summed E-state index contributed by atoms with van der Waals surface area (Å²) in [5.41, 5.74) is 0.895. The van der Waals surface area contributed by atoms with E-state index in [2.05, 4.69) is 15.3 Å². The Kier molecular flexibility index (Phi) is 5.70. The Hall–Kier alpha value is -1.01. The van der Waals surface area contributed by atoms with Crippen molar-refractivity contribution >= 4 is 23.2 Å². The largest absolute Gasteiger partial charge is 0.448 e. The molecule has 0 aliphatic carbocycles. The van der Waals surface area contributed by atoms with E-state index in [4.69, 9.17) is 27.6 Å². The minimum absolute atomic E-state index is 0.167. The van der Waals surface area contributed by atoms with Gasteiger partial charge in [-0.1, -0.05) is 18.5 Å². The molecule has 1 N–H and O–H groups in total. The molecule has 0 amide bonds. The van der Waals surface area contributed by atoms with Crippen LogP contribution in [0.5, 0.6) is 0 Å². The third-order valence-corrected chi connectivity index (χ3v) is 3.65. The van der Waals surface area contributed by atoms with Crippen LogP contribution in [0.15, 0.2) is 22.7 Å². The van der Waals surface area contributed by atoms with Gasteiger partial charge in [0.1, 0.15) is 11.8 Å². The third kappa shape index (κ3) is 4.01. The Balaban J connectivity index is 2.33. The van der Waals surface area contributed by atoms with Crippen LogP contribution in [0.1, 0.15) is 24.4 Å². The van der Waals surface area contributed by atoms with Crippen molar-refractivity contribution in [2.24, 2.45) is 0 Å². The number of halogens is 2. The molecule has 0 saturated heterocycles. The number of aromatic nitrogens is 2. The van der Waals surface area contributed by atoms with E-state index in [0.29, 0.717) is 10.2 Å². The van der Waals surface area contributed by atoms with Gasteiger partial charge in [-0.15, -0.1) is 0 Å². The van der Waals surface area contributed by atoms with Crippen LogP contribution in [-0.2, 0) is 6.54 Å². The molecule has 1 atom stereocenters. The fourth-order valence-electron chi connectivity index (χ4n) is 2.15. The van der Waals surface area contributed by atoms with E-state index in [-0.39, 0.29) is 6.04 Å². The number of nitrogens with zero attached hydrogens (tertiary/aromatic N) is 3. The summed E-state index contributed by atoms with van der Waals surface area (Å²) in [4.78, 5) is 2.10. The van der Waals surface area contributed by atoms with Crippen LogP contribution in [-0.4, -0.2) is 41.9 Å². The molecule has 0 aromatic carbocycles. The van der Waals surface area contributed by atoms with Gasteiger partial charge in [-0.3, -0.25) is 4.68 Å². The van der Waals surface area contributed by atoms with E-state index < -0.39 is 0 Å². The van der Waals surface area contributed by atoms with E-state index in [1.165, 1.54) is 0 Å². The fourth-order valence-corrected chi connectivity index (χ4v) is 2.55. The summed E-state index contributed by atoms with van der Waals surface area (Å²) in [7, 11) is 4.05. The zero-order chi connectivity index (χ0) is 15.4. The quantitative estimate of drug-likeness (QED) is 0.847. The van der Waals surface area contributed by atoms with Crippen molar-refractivity contribution in [3.05, 3.63) is 40.0 Å². The first-order valence-electron chi connectivity index (χ1n) is 6.87. The molecule has 2 rings (SSSR count). The first kappa shape index (κ1) is 16.4. The molecule has 2 heterocycles. The normalized spacial score (nSPS) is 13.0. The van der Waals surface area contributed by atoms with Gasteiger partial charge in [0, 0.05) is 6.54 Å². The predicted molar refractivity (Wildman–Crippen MR) is 85.0 cm³/mol. The summed E-state index contributed by atoms with van der Waals surface area (Å²) in [6.07, 6.45) is 1.67. The molecule has 21 heavy (non-hydrogen) atoms. The van der Waals surface area contributed by atoms with Gasteiger partial charge >= 0.3 is 0 Å². The van der Waals surface area contributed by atoms with Gasteiger partial charge in [0.15, 0.2) is 5.22 Å². The Labute approximate surface area is 134 Å². The molecule has 1 unspecified atom stereocenters. The molecule has 116 valence electrons. The van der Waals surface area contributed by atoms with Crippen molar-refractivity contribution in [3.63, 3.8) is 0 Å². The number of nitrogens with one attached hydrogen (secondary N) is 1. The number of hydrogen-bond donors (Lipinski definition) is 1. The molecular formula is C14H20Cl2N4O. The van der Waals surface area contributed by atoms with E-state index in [1.54, 1.807) is 12.3 Å². The van der Waals surface area contributed by atoms with Crippen molar-refractivity contribution in [1.82, 2.24) is 20.0 Å². The highest BCUT2D eigenvalue weighted by Crippen LogP contribution is 2.30. The molecular weight excluding hydrogens is 311 g/mol. The number of hydrogen-bond acceptors (Lipinski definition) is 4. The average Bonchev–Trinajstić information content (AvgIpc) is 3.00. The van der Waals surface area contributed by atoms with Crippen molar-refractivity contribution < 1.29 is 4.42 Å². The van der Waals surface area contributed by atoms with Crippen molar-refractivity contribution in [3.8, 4) is 0 Å². The molecule has 7 heteroatoms. The van der Waals surface area contributed by atoms with Crippen LogP contribution >= 0.6 is 23.2 Å². The maximum atomic E-state index is 6.34. The lowest BCUT2D eigenvalue weighted by Gasteiger charge is -2.19. The number of likely N-dealkylation sites (N-methyl/N-ethyl adjacent to an activating group) is 1. The molecule has 0 aliphatic rings. The lowest BCUT2D eigenvalue weighted by Crippen LogP contribution is -2.27. The van der Waals surface area contributed by atoms with Crippen molar-refractivity contribution in [2.75, 3.05) is 27.2 Å². The third-order valence-electron chi connectivity index (χ3n) is 3.15. The monoisotopic (exact) mass is 330 g/mol. The van der Waals surface area contributed by atoms with Gasteiger partial charge in [0.05, 0.1) is 23.5 Å². The minimum Gasteiger partial charge on any atom is -0.448 e. The fraction of sp³-hybridized carbons (Fsp3) is 0.500. The van der Waals surface area contributed by atoms with Crippen LogP contribution in [0, 0.1) is 0 Å². The lowest BCUT2D eigenvalue weighted by atomic mass is 10.1. The van der Waals surface area contributed by atoms with Crippen LogP contribution in [0.4, 0.5) is 0 Å². The summed E-state index contributed by atoms with van der Waals surface area (Å²) in [5.74, 6) is 0.732. The van der Waals surface area contributed by atoms with Crippen molar-refractivity contribution in [2.45, 2.75) is 19.5 Å². The second-order valence-electron chi connectivity index (χ2n) is 5.04. The van der Waals surface area contributed by atoms with Gasteiger partial charge in [-0.25, -0.2) is 0 Å². The van der Waals surface area contributed by atoms with Crippen LogP contribution in [0.25, 0.3) is 0 Å². The highest BCUT2D eigenvalue weighted by atomic mass is 35.5. The topological polar surface area (TPSA) is 46.2 Å². The van der Waals surface area contributed by atoms with E-state index in [0.717, 1.165) is 31.1 Å². The Morgan fingerprint density at radius 2 is 2.14 bits per heavy atom. The van der Waals surface area contributed by atoms with Gasteiger partial charge < -0.3 is 14.6 Å². The maximum absolute atomic E-state index is 6.34. The first-order valence-corrected chi connectivity index (χ1v) is 7.63. The smallest absolute Gasteiger partial charge is 0.193 e. The summed E-state index contributed by atoms with van der Waals surface area (Å²) >= 11 is 12.2. The lowest BCUT2D eigenvalue weighted by molar-refractivity contribution is 0.360. The minimum atomic E-state index is -0.167. The van der Waals surface area contributed by atoms with E-state index in [1.807, 2.05) is 31.8 Å². The Bertz CT molecular complexity index is 579. The zero-order valence-electron chi connectivity index (χ0n) is 12.4. The summed E-state index contributed by atoms with van der Waals surface area (Å²) in [6, 6.07) is 3.42. The second kappa shape index (κ2) is 7.31. The zero-order valence-corrected chi connectivity index (χ0v) is 13.9. The molecule has 5 nitrogen and oxygen atoms in total.